The SMILES string of the molecule is CCCCCCCCC(CCC)(CCC)c1ccccc1. The zero-order chi connectivity index (χ0) is 15.4. The maximum Gasteiger partial charge on any atom is -0.00472 e. The minimum Gasteiger partial charge on any atom is -0.0654 e. The van der Waals surface area contributed by atoms with Gasteiger partial charge >= 0.3 is 0 Å². The van der Waals surface area contributed by atoms with Crippen LogP contribution in [0.2, 0.25) is 0 Å². The molecule has 0 fully saturated rings. The van der Waals surface area contributed by atoms with Gasteiger partial charge < -0.3 is 0 Å². The molecule has 0 saturated carbocycles. The average molecular weight is 289 g/mol. The van der Waals surface area contributed by atoms with E-state index in [1.807, 2.05) is 0 Å². The Hall–Kier alpha value is -0.780. The fourth-order valence-electron chi connectivity index (χ4n) is 3.80. The van der Waals surface area contributed by atoms with Crippen LogP contribution in [0.3, 0.4) is 0 Å². The van der Waals surface area contributed by atoms with Crippen molar-refractivity contribution < 1.29 is 0 Å². The Kier molecular flexibility index (Phi) is 9.46. The molecule has 0 aliphatic carbocycles. The standard InChI is InChI=1S/C21H36/c1-4-7-8-9-10-14-19-21(17-5-2,18-6-3)20-15-12-11-13-16-20/h11-13,15-16H,4-10,14,17-19H2,1-3H3. The molecule has 1 rings (SSSR count). The summed E-state index contributed by atoms with van der Waals surface area (Å²) in [5, 5.41) is 0. The van der Waals surface area contributed by atoms with Crippen LogP contribution in [0.4, 0.5) is 0 Å². The van der Waals surface area contributed by atoms with Crippen LogP contribution >= 0.6 is 0 Å². The quantitative estimate of drug-likeness (QED) is 0.355. The van der Waals surface area contributed by atoms with E-state index in [4.69, 9.17) is 0 Å². The molecule has 0 radical (unpaired) electrons. The second-order valence-corrected chi connectivity index (χ2v) is 6.66. The second kappa shape index (κ2) is 10.9. The molecule has 0 heteroatoms. The first-order valence-electron chi connectivity index (χ1n) is 9.34. The molecular formula is C21H36. The smallest absolute Gasteiger partial charge is 0.00472 e. The van der Waals surface area contributed by atoms with E-state index < -0.39 is 0 Å². The predicted octanol–water partition coefficient (Wildman–Crippen LogP) is 7.28. The summed E-state index contributed by atoms with van der Waals surface area (Å²) in [7, 11) is 0. The van der Waals surface area contributed by atoms with Crippen LogP contribution in [-0.4, -0.2) is 0 Å². The van der Waals surface area contributed by atoms with Crippen molar-refractivity contribution in [2.75, 3.05) is 0 Å². The average Bonchev–Trinajstić information content (AvgIpc) is 2.52. The van der Waals surface area contributed by atoms with Gasteiger partial charge in [-0.1, -0.05) is 102 Å². The highest BCUT2D eigenvalue weighted by atomic mass is 14.3. The molecule has 0 atom stereocenters. The van der Waals surface area contributed by atoms with Gasteiger partial charge in [0.2, 0.25) is 0 Å². The first kappa shape index (κ1) is 18.3. The van der Waals surface area contributed by atoms with E-state index in [1.54, 1.807) is 5.56 Å². The maximum atomic E-state index is 2.36. The van der Waals surface area contributed by atoms with Gasteiger partial charge in [0.15, 0.2) is 0 Å². The molecule has 21 heavy (non-hydrogen) atoms. The first-order chi connectivity index (χ1) is 10.3. The van der Waals surface area contributed by atoms with Crippen LogP contribution in [0.1, 0.15) is 97.0 Å². The number of benzene rings is 1. The summed E-state index contributed by atoms with van der Waals surface area (Å²) in [5.74, 6) is 0. The lowest BCUT2D eigenvalue weighted by atomic mass is 9.70. The van der Waals surface area contributed by atoms with E-state index in [0.29, 0.717) is 5.41 Å². The van der Waals surface area contributed by atoms with E-state index in [2.05, 4.69) is 51.1 Å². The molecule has 1 aromatic rings. The molecular weight excluding hydrogens is 252 g/mol. The van der Waals surface area contributed by atoms with Gasteiger partial charge in [0, 0.05) is 0 Å². The third kappa shape index (κ3) is 6.24. The van der Waals surface area contributed by atoms with Crippen molar-refractivity contribution in [2.45, 2.75) is 96.8 Å². The monoisotopic (exact) mass is 288 g/mol. The molecule has 0 bridgehead atoms. The molecule has 0 aliphatic heterocycles. The van der Waals surface area contributed by atoms with Gasteiger partial charge in [0.25, 0.3) is 0 Å². The second-order valence-electron chi connectivity index (χ2n) is 6.66. The predicted molar refractivity (Wildman–Crippen MR) is 95.9 cm³/mol. The third-order valence-electron chi connectivity index (χ3n) is 4.85. The van der Waals surface area contributed by atoms with Gasteiger partial charge in [-0.3, -0.25) is 0 Å². The van der Waals surface area contributed by atoms with Crippen molar-refractivity contribution in [1.29, 1.82) is 0 Å². The number of rotatable bonds is 12. The number of hydrogen-bond acceptors (Lipinski definition) is 0. The molecule has 0 unspecified atom stereocenters. The molecule has 0 heterocycles. The summed E-state index contributed by atoms with van der Waals surface area (Å²) in [6.07, 6.45) is 15.1. The Bertz CT molecular complexity index is 332. The van der Waals surface area contributed by atoms with Gasteiger partial charge in [-0.25, -0.2) is 0 Å². The highest BCUT2D eigenvalue weighted by Crippen LogP contribution is 2.39. The van der Waals surface area contributed by atoms with Crippen molar-refractivity contribution in [2.24, 2.45) is 0 Å². The Morgan fingerprint density at radius 2 is 1.19 bits per heavy atom. The van der Waals surface area contributed by atoms with Crippen molar-refractivity contribution in [1.82, 2.24) is 0 Å². The summed E-state index contributed by atoms with van der Waals surface area (Å²) in [4.78, 5) is 0. The molecule has 0 nitrogen and oxygen atoms in total. The van der Waals surface area contributed by atoms with Crippen molar-refractivity contribution in [3.05, 3.63) is 35.9 Å². The Morgan fingerprint density at radius 3 is 1.76 bits per heavy atom. The van der Waals surface area contributed by atoms with Crippen molar-refractivity contribution >= 4 is 0 Å². The number of hydrogen-bond donors (Lipinski definition) is 0. The van der Waals surface area contributed by atoms with Gasteiger partial charge in [-0.05, 0) is 30.2 Å². The van der Waals surface area contributed by atoms with Crippen molar-refractivity contribution in [3.63, 3.8) is 0 Å². The van der Waals surface area contributed by atoms with Crippen LogP contribution in [0, 0.1) is 0 Å². The van der Waals surface area contributed by atoms with E-state index in [0.717, 1.165) is 0 Å². The van der Waals surface area contributed by atoms with Gasteiger partial charge in [-0.15, -0.1) is 0 Å². The molecule has 120 valence electrons. The molecule has 0 amide bonds. The largest absolute Gasteiger partial charge is 0.0654 e. The summed E-state index contributed by atoms with van der Waals surface area (Å²) >= 11 is 0. The Balaban J connectivity index is 2.63. The highest BCUT2D eigenvalue weighted by molar-refractivity contribution is 5.25. The summed E-state index contributed by atoms with van der Waals surface area (Å²) < 4.78 is 0. The summed E-state index contributed by atoms with van der Waals surface area (Å²) in [6.45, 7) is 6.98. The van der Waals surface area contributed by atoms with Crippen LogP contribution < -0.4 is 0 Å². The van der Waals surface area contributed by atoms with Crippen LogP contribution in [0.5, 0.6) is 0 Å². The lowest BCUT2D eigenvalue weighted by Crippen LogP contribution is -2.26. The normalized spacial score (nSPS) is 11.8. The van der Waals surface area contributed by atoms with E-state index in [1.165, 1.54) is 70.6 Å². The Labute approximate surface area is 133 Å². The van der Waals surface area contributed by atoms with E-state index >= 15 is 0 Å². The third-order valence-corrected chi connectivity index (χ3v) is 4.85. The van der Waals surface area contributed by atoms with E-state index in [9.17, 15) is 0 Å². The first-order valence-corrected chi connectivity index (χ1v) is 9.34. The molecule has 0 aliphatic rings. The molecule has 0 spiro atoms. The summed E-state index contributed by atoms with van der Waals surface area (Å²) in [6, 6.07) is 11.3. The topological polar surface area (TPSA) is 0 Å². The lowest BCUT2D eigenvalue weighted by molar-refractivity contribution is 0.317. The van der Waals surface area contributed by atoms with Gasteiger partial charge in [0.1, 0.15) is 0 Å². The lowest BCUT2D eigenvalue weighted by Gasteiger charge is -2.34. The van der Waals surface area contributed by atoms with Crippen LogP contribution in [0.15, 0.2) is 30.3 Å². The maximum absolute atomic E-state index is 2.36. The van der Waals surface area contributed by atoms with Crippen LogP contribution in [0.25, 0.3) is 0 Å². The molecule has 0 N–H and O–H groups in total. The van der Waals surface area contributed by atoms with Crippen molar-refractivity contribution in [3.8, 4) is 0 Å². The van der Waals surface area contributed by atoms with E-state index in [-0.39, 0.29) is 0 Å². The highest BCUT2D eigenvalue weighted by Gasteiger charge is 2.29. The minimum absolute atomic E-state index is 0.440. The zero-order valence-corrected chi connectivity index (χ0v) is 14.7. The van der Waals surface area contributed by atoms with Crippen LogP contribution in [-0.2, 0) is 5.41 Å². The zero-order valence-electron chi connectivity index (χ0n) is 14.7. The molecule has 0 aromatic heterocycles. The minimum atomic E-state index is 0.440. The fraction of sp³-hybridized carbons (Fsp3) is 0.714. The Morgan fingerprint density at radius 1 is 0.619 bits per heavy atom. The fourth-order valence-corrected chi connectivity index (χ4v) is 3.80. The van der Waals surface area contributed by atoms with Gasteiger partial charge in [-0.2, -0.15) is 0 Å². The molecule has 0 saturated heterocycles. The number of unbranched alkanes of at least 4 members (excludes halogenated alkanes) is 5. The molecule has 1 aromatic carbocycles. The van der Waals surface area contributed by atoms with Gasteiger partial charge in [0.05, 0.1) is 0 Å². The summed E-state index contributed by atoms with van der Waals surface area (Å²) in [5.41, 5.74) is 2.03.